The summed E-state index contributed by atoms with van der Waals surface area (Å²) in [5.41, 5.74) is 2.83. The van der Waals surface area contributed by atoms with Gasteiger partial charge in [-0.15, -0.1) is 4.91 Å². The number of rotatable bonds is 3. The van der Waals surface area contributed by atoms with Crippen LogP contribution in [0, 0.1) is 4.91 Å². The molecular formula is C14H11NO. The number of hydrogen-bond acceptors (Lipinski definition) is 2. The van der Waals surface area contributed by atoms with Gasteiger partial charge in [0.25, 0.3) is 0 Å². The number of benzene rings is 2. The molecule has 0 aliphatic heterocycles. The third-order valence-electron chi connectivity index (χ3n) is 2.35. The number of hydrogen-bond donors (Lipinski definition) is 0. The summed E-state index contributed by atoms with van der Waals surface area (Å²) >= 11 is 0. The zero-order chi connectivity index (χ0) is 11.2. The van der Waals surface area contributed by atoms with Gasteiger partial charge >= 0.3 is 0 Å². The molecule has 0 radical (unpaired) electrons. The highest BCUT2D eigenvalue weighted by atomic mass is 16.2. The van der Waals surface area contributed by atoms with Gasteiger partial charge in [-0.25, -0.2) is 0 Å². The standard InChI is InChI=1S/C14H11NO/c16-15-11-14(12-7-3-1-4-8-12)13-9-5-2-6-10-13/h1-11H. The second-order valence-corrected chi connectivity index (χ2v) is 3.38. The molecule has 0 saturated heterocycles. The molecule has 0 atom stereocenters. The molecule has 2 rings (SSSR count). The average Bonchev–Trinajstić information content (AvgIpc) is 2.38. The summed E-state index contributed by atoms with van der Waals surface area (Å²) in [5.74, 6) is 0. The minimum Gasteiger partial charge on any atom is -0.145 e. The molecule has 0 heterocycles. The molecule has 0 aliphatic rings. The van der Waals surface area contributed by atoms with Gasteiger partial charge < -0.3 is 0 Å². The van der Waals surface area contributed by atoms with Gasteiger partial charge in [0.15, 0.2) is 0 Å². The van der Waals surface area contributed by atoms with Crippen LogP contribution in [0.15, 0.2) is 72.0 Å². The van der Waals surface area contributed by atoms with Crippen LogP contribution in [0.4, 0.5) is 0 Å². The summed E-state index contributed by atoms with van der Waals surface area (Å²) in [4.78, 5) is 10.4. The molecule has 2 aromatic rings. The Labute approximate surface area is 94.2 Å². The van der Waals surface area contributed by atoms with Crippen LogP contribution < -0.4 is 0 Å². The smallest absolute Gasteiger partial charge is 0.0799 e. The SMILES string of the molecule is O=NC=C(c1ccccc1)c1ccccc1. The van der Waals surface area contributed by atoms with Gasteiger partial charge in [-0.2, -0.15) is 0 Å². The zero-order valence-electron chi connectivity index (χ0n) is 8.71. The lowest BCUT2D eigenvalue weighted by atomic mass is 9.99. The van der Waals surface area contributed by atoms with Crippen LogP contribution in [0.25, 0.3) is 5.57 Å². The van der Waals surface area contributed by atoms with Gasteiger partial charge in [0.05, 0.1) is 6.20 Å². The minimum atomic E-state index is 0.844. The van der Waals surface area contributed by atoms with Crippen molar-refractivity contribution in [1.82, 2.24) is 0 Å². The Bertz CT molecular complexity index is 447. The van der Waals surface area contributed by atoms with Gasteiger partial charge in [0.1, 0.15) is 0 Å². The van der Waals surface area contributed by atoms with Crippen molar-refractivity contribution < 1.29 is 0 Å². The van der Waals surface area contributed by atoms with Crippen molar-refractivity contribution in [2.24, 2.45) is 5.18 Å². The average molecular weight is 209 g/mol. The van der Waals surface area contributed by atoms with Crippen molar-refractivity contribution in [3.8, 4) is 0 Å². The van der Waals surface area contributed by atoms with Crippen molar-refractivity contribution in [2.45, 2.75) is 0 Å². The molecule has 2 nitrogen and oxygen atoms in total. The summed E-state index contributed by atoms with van der Waals surface area (Å²) in [7, 11) is 0. The first kappa shape index (κ1) is 10.3. The van der Waals surface area contributed by atoms with Crippen LogP contribution in [-0.4, -0.2) is 0 Å². The minimum absolute atomic E-state index is 0.844. The summed E-state index contributed by atoms with van der Waals surface area (Å²) in [6.45, 7) is 0. The Morgan fingerprint density at radius 2 is 1.25 bits per heavy atom. The van der Waals surface area contributed by atoms with E-state index in [4.69, 9.17) is 0 Å². The molecule has 0 amide bonds. The Morgan fingerprint density at radius 3 is 1.62 bits per heavy atom. The van der Waals surface area contributed by atoms with Crippen LogP contribution in [0.3, 0.4) is 0 Å². The highest BCUT2D eigenvalue weighted by Crippen LogP contribution is 2.22. The van der Waals surface area contributed by atoms with Crippen LogP contribution in [0.5, 0.6) is 0 Å². The van der Waals surface area contributed by atoms with Gasteiger partial charge in [-0.05, 0) is 16.3 Å². The molecule has 0 saturated carbocycles. The lowest BCUT2D eigenvalue weighted by molar-refractivity contribution is 1.48. The summed E-state index contributed by atoms with van der Waals surface area (Å²) in [5, 5.41) is 2.88. The quantitative estimate of drug-likeness (QED) is 0.706. The van der Waals surface area contributed by atoms with E-state index in [0.717, 1.165) is 16.7 Å². The molecule has 2 heteroatoms. The summed E-state index contributed by atoms with van der Waals surface area (Å²) in [6.07, 6.45) is 1.35. The van der Waals surface area contributed by atoms with Crippen molar-refractivity contribution in [1.29, 1.82) is 0 Å². The van der Waals surface area contributed by atoms with Crippen molar-refractivity contribution in [3.05, 3.63) is 82.9 Å². The fraction of sp³-hybridized carbons (Fsp3) is 0. The van der Waals surface area contributed by atoms with Gasteiger partial charge in [-0.3, -0.25) is 0 Å². The van der Waals surface area contributed by atoms with E-state index in [1.165, 1.54) is 6.20 Å². The maximum atomic E-state index is 10.4. The molecular weight excluding hydrogens is 198 g/mol. The summed E-state index contributed by atoms with van der Waals surface area (Å²) in [6, 6.07) is 19.5. The van der Waals surface area contributed by atoms with E-state index in [-0.39, 0.29) is 0 Å². The van der Waals surface area contributed by atoms with Gasteiger partial charge in [-0.1, -0.05) is 60.7 Å². The highest BCUT2D eigenvalue weighted by Gasteiger charge is 2.03. The first-order valence-electron chi connectivity index (χ1n) is 5.05. The molecule has 0 fully saturated rings. The van der Waals surface area contributed by atoms with Crippen LogP contribution in [0.1, 0.15) is 11.1 Å². The number of nitrogens with zero attached hydrogens (tertiary/aromatic N) is 1. The van der Waals surface area contributed by atoms with E-state index in [1.54, 1.807) is 0 Å². The topological polar surface area (TPSA) is 29.4 Å². The number of nitroso groups, excluding NO2 is 1. The molecule has 78 valence electrons. The largest absolute Gasteiger partial charge is 0.145 e. The molecule has 0 bridgehead atoms. The van der Waals surface area contributed by atoms with E-state index in [0.29, 0.717) is 0 Å². The maximum Gasteiger partial charge on any atom is 0.0799 e. The van der Waals surface area contributed by atoms with E-state index in [1.807, 2.05) is 60.7 Å². The predicted molar refractivity (Wildman–Crippen MR) is 65.8 cm³/mol. The maximum absolute atomic E-state index is 10.4. The van der Waals surface area contributed by atoms with E-state index in [2.05, 4.69) is 5.18 Å². The first-order valence-corrected chi connectivity index (χ1v) is 5.05. The molecule has 0 aliphatic carbocycles. The van der Waals surface area contributed by atoms with Crippen LogP contribution in [-0.2, 0) is 0 Å². The van der Waals surface area contributed by atoms with Crippen molar-refractivity contribution in [3.63, 3.8) is 0 Å². The lowest BCUT2D eigenvalue weighted by Crippen LogP contribution is -1.86. The Hall–Kier alpha value is -2.22. The van der Waals surface area contributed by atoms with E-state index < -0.39 is 0 Å². The van der Waals surface area contributed by atoms with Gasteiger partial charge in [0, 0.05) is 5.57 Å². The molecule has 0 aromatic heterocycles. The Balaban J connectivity index is 2.48. The Morgan fingerprint density at radius 1 is 0.812 bits per heavy atom. The van der Waals surface area contributed by atoms with Crippen molar-refractivity contribution >= 4 is 5.57 Å². The first-order chi connectivity index (χ1) is 7.92. The fourth-order valence-corrected chi connectivity index (χ4v) is 1.60. The third-order valence-corrected chi connectivity index (χ3v) is 2.35. The molecule has 16 heavy (non-hydrogen) atoms. The molecule has 0 N–H and O–H groups in total. The van der Waals surface area contributed by atoms with Crippen LogP contribution in [0.2, 0.25) is 0 Å². The normalized spacial score (nSPS) is 9.50. The lowest BCUT2D eigenvalue weighted by Gasteiger charge is -2.05. The zero-order valence-corrected chi connectivity index (χ0v) is 8.71. The van der Waals surface area contributed by atoms with Crippen molar-refractivity contribution in [2.75, 3.05) is 0 Å². The molecule has 0 spiro atoms. The second-order valence-electron chi connectivity index (χ2n) is 3.38. The highest BCUT2D eigenvalue weighted by molar-refractivity contribution is 5.79. The molecule has 2 aromatic carbocycles. The van der Waals surface area contributed by atoms with E-state index in [9.17, 15) is 4.91 Å². The molecule has 0 unspecified atom stereocenters. The predicted octanol–water partition coefficient (Wildman–Crippen LogP) is 3.84. The summed E-state index contributed by atoms with van der Waals surface area (Å²) < 4.78 is 0. The Kier molecular flexibility index (Phi) is 3.24. The second kappa shape index (κ2) is 5.03. The van der Waals surface area contributed by atoms with Gasteiger partial charge in [0.2, 0.25) is 0 Å². The fourth-order valence-electron chi connectivity index (χ4n) is 1.60. The third kappa shape index (κ3) is 2.23. The van der Waals surface area contributed by atoms with E-state index >= 15 is 0 Å². The monoisotopic (exact) mass is 209 g/mol. The van der Waals surface area contributed by atoms with Crippen LogP contribution >= 0.6 is 0 Å².